The van der Waals surface area contributed by atoms with E-state index in [2.05, 4.69) is 4.99 Å². The van der Waals surface area contributed by atoms with E-state index in [1.165, 1.54) is 0 Å². The topological polar surface area (TPSA) is 61.8 Å². The first-order valence-corrected chi connectivity index (χ1v) is 7.08. The van der Waals surface area contributed by atoms with E-state index < -0.39 is 23.7 Å². The van der Waals surface area contributed by atoms with Gasteiger partial charge in [-0.25, -0.2) is 4.99 Å². The molecule has 2 aliphatic rings. The van der Waals surface area contributed by atoms with Crippen LogP contribution >= 0.6 is 11.8 Å². The molecule has 0 aromatic rings. The zero-order chi connectivity index (χ0) is 15.1. The summed E-state index contributed by atoms with van der Waals surface area (Å²) < 4.78 is 39.9. The zero-order valence-electron chi connectivity index (χ0n) is 11.0. The molecule has 0 radical (unpaired) electrons. The second kappa shape index (κ2) is 4.94. The molecule has 0 unspecified atom stereocenters. The third-order valence-corrected chi connectivity index (χ3v) is 3.88. The van der Waals surface area contributed by atoms with Gasteiger partial charge in [0.15, 0.2) is 5.17 Å². The van der Waals surface area contributed by atoms with Crippen LogP contribution < -0.4 is 5.32 Å². The van der Waals surface area contributed by atoms with Crippen LogP contribution in [0.3, 0.4) is 0 Å². The van der Waals surface area contributed by atoms with Crippen LogP contribution in [-0.2, 0) is 9.59 Å². The molecule has 0 bridgehead atoms. The van der Waals surface area contributed by atoms with Gasteiger partial charge in [-0.1, -0.05) is 25.6 Å². The van der Waals surface area contributed by atoms with Crippen molar-refractivity contribution in [2.24, 2.45) is 10.9 Å². The van der Waals surface area contributed by atoms with Crippen LogP contribution in [0.2, 0.25) is 0 Å². The smallest absolute Gasteiger partial charge is 0.316 e. The predicted octanol–water partition coefficient (Wildman–Crippen LogP) is 1.35. The van der Waals surface area contributed by atoms with Gasteiger partial charge in [0.2, 0.25) is 5.91 Å². The Bertz CT molecular complexity index is 478. The van der Waals surface area contributed by atoms with Crippen LogP contribution in [-0.4, -0.2) is 46.0 Å². The van der Waals surface area contributed by atoms with Gasteiger partial charge < -0.3 is 5.32 Å². The van der Waals surface area contributed by atoms with Crippen molar-refractivity contribution in [1.29, 1.82) is 0 Å². The third-order valence-electron chi connectivity index (χ3n) is 2.92. The lowest BCUT2D eigenvalue weighted by molar-refractivity contribution is -0.200. The lowest BCUT2D eigenvalue weighted by atomic mass is 10.1. The first kappa shape index (κ1) is 15.1. The minimum atomic E-state index is -4.96. The summed E-state index contributed by atoms with van der Waals surface area (Å²) in [4.78, 5) is 28.2. The van der Waals surface area contributed by atoms with Crippen LogP contribution in [0, 0.1) is 5.92 Å². The van der Waals surface area contributed by atoms with E-state index in [-0.39, 0.29) is 24.1 Å². The maximum atomic E-state index is 13.3. The number of amides is 2. The summed E-state index contributed by atoms with van der Waals surface area (Å²) in [5.41, 5.74) is -3.15. The first-order valence-electron chi connectivity index (χ1n) is 6.10. The number of amidine groups is 1. The van der Waals surface area contributed by atoms with E-state index in [1.807, 2.05) is 0 Å². The number of aliphatic imine (C=N–C) groups is 1. The number of halogens is 3. The Balaban J connectivity index is 2.32. The molecule has 9 heteroatoms. The highest BCUT2D eigenvalue weighted by Gasteiger charge is 2.67. The fourth-order valence-electron chi connectivity index (χ4n) is 2.03. The Morgan fingerprint density at radius 1 is 1.55 bits per heavy atom. The Kier molecular flexibility index (Phi) is 3.74. The van der Waals surface area contributed by atoms with Crippen molar-refractivity contribution < 1.29 is 22.8 Å². The summed E-state index contributed by atoms with van der Waals surface area (Å²) in [5, 5.41) is 1.81. The van der Waals surface area contributed by atoms with Crippen molar-refractivity contribution in [2.45, 2.75) is 32.1 Å². The van der Waals surface area contributed by atoms with Crippen LogP contribution in [0.15, 0.2) is 4.99 Å². The first-order chi connectivity index (χ1) is 9.17. The molecule has 2 rings (SSSR count). The molecule has 1 N–H and O–H groups in total. The second-order valence-electron chi connectivity index (χ2n) is 5.05. The standard InChI is InChI=1S/C11H14F3N3O2S/c1-6(2)5-7(18)15-10(11(12,13)14)8(19)17-3-4-20-9(17)16-10/h6H,3-5H2,1-2H3,(H,15,18)/t10-/m0/s1. The number of rotatable bonds is 3. The summed E-state index contributed by atoms with van der Waals surface area (Å²) in [6.07, 6.45) is -5.06. The maximum absolute atomic E-state index is 13.3. The van der Waals surface area contributed by atoms with Gasteiger partial charge >= 0.3 is 11.8 Å². The highest BCUT2D eigenvalue weighted by atomic mass is 32.2. The summed E-state index contributed by atoms with van der Waals surface area (Å²) in [7, 11) is 0. The van der Waals surface area contributed by atoms with Gasteiger partial charge in [-0.05, 0) is 5.92 Å². The Hall–Kier alpha value is -1.25. The minimum Gasteiger partial charge on any atom is -0.316 e. The molecule has 0 aliphatic carbocycles. The molecule has 1 saturated heterocycles. The van der Waals surface area contributed by atoms with E-state index in [0.29, 0.717) is 5.75 Å². The van der Waals surface area contributed by atoms with Crippen LogP contribution in [0.25, 0.3) is 0 Å². The Morgan fingerprint density at radius 2 is 2.20 bits per heavy atom. The van der Waals surface area contributed by atoms with Gasteiger partial charge in [-0.2, -0.15) is 13.2 Å². The average Bonchev–Trinajstić information content (AvgIpc) is 2.80. The van der Waals surface area contributed by atoms with E-state index in [4.69, 9.17) is 0 Å². The van der Waals surface area contributed by atoms with E-state index in [0.717, 1.165) is 16.7 Å². The predicted molar refractivity (Wildman–Crippen MR) is 68.0 cm³/mol. The molecule has 5 nitrogen and oxygen atoms in total. The summed E-state index contributed by atoms with van der Waals surface area (Å²) >= 11 is 1.08. The zero-order valence-corrected chi connectivity index (χ0v) is 11.8. The molecule has 2 aliphatic heterocycles. The number of hydrogen-bond acceptors (Lipinski definition) is 4. The van der Waals surface area contributed by atoms with Crippen molar-refractivity contribution >= 4 is 28.7 Å². The van der Waals surface area contributed by atoms with Crippen LogP contribution in [0.5, 0.6) is 0 Å². The lowest BCUT2D eigenvalue weighted by Crippen LogP contribution is -2.63. The van der Waals surface area contributed by atoms with Crippen molar-refractivity contribution in [3.63, 3.8) is 0 Å². The highest BCUT2D eigenvalue weighted by molar-refractivity contribution is 8.14. The van der Waals surface area contributed by atoms with Crippen LogP contribution in [0.1, 0.15) is 20.3 Å². The molecule has 0 spiro atoms. The number of hydrogen-bond donors (Lipinski definition) is 1. The van der Waals surface area contributed by atoms with Crippen molar-refractivity contribution in [3.8, 4) is 0 Å². The van der Waals surface area contributed by atoms with Gasteiger partial charge in [-0.3, -0.25) is 14.5 Å². The van der Waals surface area contributed by atoms with Gasteiger partial charge in [-0.15, -0.1) is 0 Å². The average molecular weight is 309 g/mol. The molecule has 0 aromatic carbocycles. The van der Waals surface area contributed by atoms with Gasteiger partial charge in [0.1, 0.15) is 0 Å². The number of thioether (sulfide) groups is 1. The summed E-state index contributed by atoms with van der Waals surface area (Å²) in [6.45, 7) is 3.59. The minimum absolute atomic E-state index is 0.0252. The molecule has 2 amide bonds. The number of nitrogens with zero attached hydrogens (tertiary/aromatic N) is 2. The van der Waals surface area contributed by atoms with E-state index in [9.17, 15) is 22.8 Å². The summed E-state index contributed by atoms with van der Waals surface area (Å²) in [5.74, 6) is -1.65. The van der Waals surface area contributed by atoms with Crippen molar-refractivity contribution in [2.75, 3.05) is 12.3 Å². The van der Waals surface area contributed by atoms with E-state index >= 15 is 0 Å². The van der Waals surface area contributed by atoms with Crippen molar-refractivity contribution in [3.05, 3.63) is 0 Å². The lowest BCUT2D eigenvalue weighted by Gasteiger charge is -2.28. The number of fused-ring (bicyclic) bond motifs is 1. The largest absolute Gasteiger partial charge is 0.442 e. The molecule has 1 atom stereocenters. The number of carbonyl (C=O) groups is 2. The normalized spacial score (nSPS) is 26.0. The fraction of sp³-hybridized carbons (Fsp3) is 0.727. The SMILES string of the molecule is CC(C)CC(=O)N[C@]1(C(F)(F)F)N=C2SCCN2C1=O. The maximum Gasteiger partial charge on any atom is 0.442 e. The summed E-state index contributed by atoms with van der Waals surface area (Å²) in [6, 6.07) is 0. The Labute approximate surface area is 118 Å². The van der Waals surface area contributed by atoms with Crippen molar-refractivity contribution in [1.82, 2.24) is 10.2 Å². The van der Waals surface area contributed by atoms with Gasteiger partial charge in [0.05, 0.1) is 0 Å². The molecule has 0 saturated carbocycles. The molecule has 1 fully saturated rings. The molecule has 0 aromatic heterocycles. The van der Waals surface area contributed by atoms with Gasteiger partial charge in [0.25, 0.3) is 5.91 Å². The molecule has 2 heterocycles. The Morgan fingerprint density at radius 3 is 2.70 bits per heavy atom. The number of alkyl halides is 3. The quantitative estimate of drug-likeness (QED) is 0.856. The van der Waals surface area contributed by atoms with E-state index in [1.54, 1.807) is 19.2 Å². The second-order valence-corrected chi connectivity index (χ2v) is 6.12. The molecular formula is C11H14F3N3O2S. The molecule has 112 valence electrons. The fourth-order valence-corrected chi connectivity index (χ4v) is 3.02. The van der Waals surface area contributed by atoms with Crippen LogP contribution in [0.4, 0.5) is 13.2 Å². The highest BCUT2D eigenvalue weighted by Crippen LogP contribution is 2.40. The monoisotopic (exact) mass is 309 g/mol. The van der Waals surface area contributed by atoms with Gasteiger partial charge in [0, 0.05) is 18.7 Å². The molecule has 20 heavy (non-hydrogen) atoms. The third kappa shape index (κ3) is 2.38. The number of carbonyl (C=O) groups excluding carboxylic acids is 2. The number of nitrogens with one attached hydrogen (secondary N) is 1. The molecular weight excluding hydrogens is 295 g/mol.